The molecule has 0 spiro atoms. The quantitative estimate of drug-likeness (QED) is 0.462. The van der Waals surface area contributed by atoms with Crippen LogP contribution in [0.5, 0.6) is 0 Å². The van der Waals surface area contributed by atoms with Crippen LogP contribution < -0.4 is 0 Å². The van der Waals surface area contributed by atoms with Crippen LogP contribution in [0.1, 0.15) is 55.0 Å². The van der Waals surface area contributed by atoms with Gasteiger partial charge in [-0.05, 0) is 55.0 Å². The van der Waals surface area contributed by atoms with Crippen LogP contribution in [0.15, 0.2) is 49.1 Å². The van der Waals surface area contributed by atoms with Gasteiger partial charge in [-0.25, -0.2) is 4.39 Å². The molecule has 164 valence electrons. The normalized spacial score (nSPS) is 15.7. The molecule has 0 amide bonds. The molecule has 0 saturated heterocycles. The zero-order valence-electron chi connectivity index (χ0n) is 17.4. The van der Waals surface area contributed by atoms with Gasteiger partial charge in [-0.3, -0.25) is 9.78 Å². The van der Waals surface area contributed by atoms with Crippen molar-refractivity contribution < 1.29 is 24.5 Å². The maximum Gasteiger partial charge on any atom is 0.305 e. The van der Waals surface area contributed by atoms with E-state index in [0.29, 0.717) is 5.92 Å². The van der Waals surface area contributed by atoms with Gasteiger partial charge in [0.15, 0.2) is 0 Å². The summed E-state index contributed by atoms with van der Waals surface area (Å²) in [7, 11) is 0. The Morgan fingerprint density at radius 2 is 1.97 bits per heavy atom. The molecule has 1 aliphatic rings. The molecule has 2 atom stereocenters. The van der Waals surface area contributed by atoms with Gasteiger partial charge in [-0.1, -0.05) is 30.4 Å². The molecule has 0 aliphatic heterocycles. The van der Waals surface area contributed by atoms with E-state index in [1.807, 2.05) is 12.1 Å². The van der Waals surface area contributed by atoms with E-state index >= 15 is 0 Å². The maximum atomic E-state index is 13.5. The molecular weight excluding hydrogens is 397 g/mol. The SMILES string of the molecule is C=CCCc1cc(-c2ccc(F)cc2)c(/C=C/C(O)CC(O)CC(=O)O)c(C2CC2)n1. The van der Waals surface area contributed by atoms with Gasteiger partial charge in [0.25, 0.3) is 0 Å². The van der Waals surface area contributed by atoms with Gasteiger partial charge in [0.1, 0.15) is 5.82 Å². The summed E-state index contributed by atoms with van der Waals surface area (Å²) in [5.74, 6) is -1.08. The fourth-order valence-electron chi connectivity index (χ4n) is 3.57. The molecule has 1 heterocycles. The summed E-state index contributed by atoms with van der Waals surface area (Å²) in [5.41, 5.74) is 4.52. The maximum absolute atomic E-state index is 13.5. The predicted octanol–water partition coefficient (Wildman–Crippen LogP) is 4.48. The lowest BCUT2D eigenvalue weighted by Crippen LogP contribution is -2.19. The Kier molecular flexibility index (Phi) is 7.71. The Morgan fingerprint density at radius 1 is 1.26 bits per heavy atom. The van der Waals surface area contributed by atoms with Gasteiger partial charge in [0, 0.05) is 23.6 Å². The van der Waals surface area contributed by atoms with Crippen LogP contribution in [0.4, 0.5) is 4.39 Å². The highest BCUT2D eigenvalue weighted by molar-refractivity contribution is 5.77. The van der Waals surface area contributed by atoms with Gasteiger partial charge >= 0.3 is 5.97 Å². The highest BCUT2D eigenvalue weighted by Crippen LogP contribution is 2.43. The Labute approximate surface area is 181 Å². The zero-order valence-corrected chi connectivity index (χ0v) is 17.4. The lowest BCUT2D eigenvalue weighted by molar-refractivity contribution is -0.139. The van der Waals surface area contributed by atoms with Gasteiger partial charge in [-0.15, -0.1) is 6.58 Å². The summed E-state index contributed by atoms with van der Waals surface area (Å²) in [6.07, 6.45) is 6.22. The number of carboxylic acid groups (broad SMARTS) is 1. The average Bonchev–Trinajstić information content (AvgIpc) is 3.55. The number of pyridine rings is 1. The highest BCUT2D eigenvalue weighted by atomic mass is 19.1. The second-order valence-electron chi connectivity index (χ2n) is 7.98. The van der Waals surface area contributed by atoms with Crippen LogP contribution in [0.2, 0.25) is 0 Å². The van der Waals surface area contributed by atoms with Crippen molar-refractivity contribution in [3.8, 4) is 11.1 Å². The monoisotopic (exact) mass is 425 g/mol. The van der Waals surface area contributed by atoms with E-state index < -0.39 is 24.6 Å². The van der Waals surface area contributed by atoms with E-state index in [1.54, 1.807) is 24.3 Å². The van der Waals surface area contributed by atoms with E-state index in [0.717, 1.165) is 53.8 Å². The van der Waals surface area contributed by atoms with Crippen LogP contribution in [-0.4, -0.2) is 38.5 Å². The first-order valence-corrected chi connectivity index (χ1v) is 10.5. The summed E-state index contributed by atoms with van der Waals surface area (Å²) in [5, 5.41) is 28.9. The number of allylic oxidation sites excluding steroid dienone is 1. The summed E-state index contributed by atoms with van der Waals surface area (Å²) >= 11 is 0. The molecule has 5 nitrogen and oxygen atoms in total. The van der Waals surface area contributed by atoms with Crippen LogP contribution >= 0.6 is 0 Å². The minimum absolute atomic E-state index is 0.0711. The molecule has 0 bridgehead atoms. The Balaban J connectivity index is 1.97. The fraction of sp³-hybridized carbons (Fsp3) is 0.360. The lowest BCUT2D eigenvalue weighted by Gasteiger charge is -2.16. The molecule has 3 N–H and O–H groups in total. The van der Waals surface area contributed by atoms with Crippen LogP contribution in [0, 0.1) is 5.82 Å². The van der Waals surface area contributed by atoms with Crippen molar-refractivity contribution in [3.05, 3.63) is 71.8 Å². The minimum Gasteiger partial charge on any atom is -0.481 e. The van der Waals surface area contributed by atoms with E-state index in [9.17, 15) is 19.4 Å². The van der Waals surface area contributed by atoms with E-state index in [1.165, 1.54) is 12.1 Å². The second kappa shape index (κ2) is 10.5. The summed E-state index contributed by atoms with van der Waals surface area (Å²) in [6.45, 7) is 3.78. The molecule has 1 fully saturated rings. The standard InChI is InChI=1S/C25H28FNO4/c1-2-3-4-19-13-23(16-7-9-18(26)10-8-16)22(25(27-19)17-5-6-17)12-11-20(28)14-21(29)15-24(30)31/h2,7-13,17,20-21,28-29H,1,3-6,14-15H2,(H,30,31)/b12-11+. The molecule has 1 saturated carbocycles. The molecule has 0 radical (unpaired) electrons. The predicted molar refractivity (Wildman–Crippen MR) is 118 cm³/mol. The number of hydrogen-bond donors (Lipinski definition) is 3. The molecule has 1 aromatic carbocycles. The Bertz CT molecular complexity index is 951. The topological polar surface area (TPSA) is 90.7 Å². The first kappa shape index (κ1) is 22.8. The van der Waals surface area contributed by atoms with Crippen molar-refractivity contribution in [1.29, 1.82) is 0 Å². The van der Waals surface area contributed by atoms with E-state index in [4.69, 9.17) is 10.1 Å². The first-order chi connectivity index (χ1) is 14.9. The number of carboxylic acids is 1. The molecule has 2 aromatic rings. The summed E-state index contributed by atoms with van der Waals surface area (Å²) in [6, 6.07) is 8.28. The molecule has 31 heavy (non-hydrogen) atoms. The number of hydrogen-bond acceptors (Lipinski definition) is 4. The fourth-order valence-corrected chi connectivity index (χ4v) is 3.57. The largest absolute Gasteiger partial charge is 0.481 e. The van der Waals surface area contributed by atoms with E-state index in [2.05, 4.69) is 6.58 Å². The molecule has 1 aliphatic carbocycles. The van der Waals surface area contributed by atoms with E-state index in [-0.39, 0.29) is 12.2 Å². The van der Waals surface area contributed by atoms with Gasteiger partial charge in [0.2, 0.25) is 0 Å². The molecule has 3 rings (SSSR count). The Hall–Kier alpha value is -2.83. The van der Waals surface area contributed by atoms with Crippen molar-refractivity contribution in [3.63, 3.8) is 0 Å². The van der Waals surface area contributed by atoms with Crippen LogP contribution in [-0.2, 0) is 11.2 Å². The number of rotatable bonds is 11. The lowest BCUT2D eigenvalue weighted by atomic mass is 9.94. The third-order valence-corrected chi connectivity index (χ3v) is 5.27. The zero-order chi connectivity index (χ0) is 22.4. The number of aliphatic hydroxyl groups excluding tert-OH is 2. The molecule has 2 unspecified atom stereocenters. The van der Waals surface area contributed by atoms with Crippen LogP contribution in [0.25, 0.3) is 17.2 Å². The van der Waals surface area contributed by atoms with Crippen LogP contribution in [0.3, 0.4) is 0 Å². The van der Waals surface area contributed by atoms with Crippen molar-refractivity contribution in [2.75, 3.05) is 0 Å². The molecule has 6 heteroatoms. The van der Waals surface area contributed by atoms with Gasteiger partial charge in [-0.2, -0.15) is 0 Å². The first-order valence-electron chi connectivity index (χ1n) is 10.5. The smallest absolute Gasteiger partial charge is 0.305 e. The van der Waals surface area contributed by atoms with Gasteiger partial charge in [0.05, 0.1) is 24.3 Å². The minimum atomic E-state index is -1.13. The summed E-state index contributed by atoms with van der Waals surface area (Å²) < 4.78 is 13.5. The summed E-state index contributed by atoms with van der Waals surface area (Å²) in [4.78, 5) is 15.6. The van der Waals surface area contributed by atoms with Crippen molar-refractivity contribution in [2.24, 2.45) is 0 Å². The second-order valence-corrected chi connectivity index (χ2v) is 7.98. The number of aliphatic carboxylic acids is 1. The number of benzene rings is 1. The number of aromatic nitrogens is 1. The number of nitrogens with zero attached hydrogens (tertiary/aromatic N) is 1. The molecular formula is C25H28FNO4. The Morgan fingerprint density at radius 3 is 2.58 bits per heavy atom. The third kappa shape index (κ3) is 6.57. The van der Waals surface area contributed by atoms with Crippen molar-refractivity contribution in [2.45, 2.75) is 56.7 Å². The molecule has 1 aromatic heterocycles. The average molecular weight is 426 g/mol. The number of aryl methyl sites for hydroxylation is 1. The van der Waals surface area contributed by atoms with Crippen molar-refractivity contribution >= 4 is 12.0 Å². The van der Waals surface area contributed by atoms with Gasteiger partial charge < -0.3 is 15.3 Å². The highest BCUT2D eigenvalue weighted by Gasteiger charge is 2.29. The number of halogens is 1. The van der Waals surface area contributed by atoms with Crippen molar-refractivity contribution in [1.82, 2.24) is 4.98 Å². The number of aliphatic hydroxyl groups is 2. The third-order valence-electron chi connectivity index (χ3n) is 5.27. The number of carbonyl (C=O) groups is 1.